The maximum Gasteiger partial charge on any atom is 0.311 e. The van der Waals surface area contributed by atoms with Crippen LogP contribution in [0.15, 0.2) is 0 Å². The number of aliphatic carboxylic acids is 1. The Morgan fingerprint density at radius 2 is 2.33 bits per heavy atom. The molecular weight excluding hydrogens is 198 g/mol. The normalized spacial score (nSPS) is 37.1. The number of carbonyl (C=O) groups is 1. The summed E-state index contributed by atoms with van der Waals surface area (Å²) in [5.74, 6) is -0.381. The van der Waals surface area contributed by atoms with Gasteiger partial charge in [-0.2, -0.15) is 0 Å². The van der Waals surface area contributed by atoms with Crippen LogP contribution in [0, 0.1) is 11.3 Å². The van der Waals surface area contributed by atoms with E-state index in [0.29, 0.717) is 19.0 Å². The summed E-state index contributed by atoms with van der Waals surface area (Å²) in [4.78, 5) is 13.0. The molecule has 1 saturated carbocycles. The maximum atomic E-state index is 11.1. The van der Waals surface area contributed by atoms with Crippen molar-refractivity contribution in [1.29, 1.82) is 0 Å². The second kappa shape index (κ2) is 3.73. The number of nitrogens with zero attached hydrogens (tertiary/aromatic N) is 1. The van der Waals surface area contributed by atoms with Crippen molar-refractivity contribution < 1.29 is 20.1 Å². The van der Waals surface area contributed by atoms with Crippen molar-refractivity contribution in [2.45, 2.75) is 18.9 Å². The molecule has 5 heteroatoms. The molecule has 1 aliphatic heterocycles. The van der Waals surface area contributed by atoms with E-state index in [9.17, 15) is 9.90 Å². The first-order valence-electron chi connectivity index (χ1n) is 5.33. The first kappa shape index (κ1) is 10.9. The third-order valence-electron chi connectivity index (χ3n) is 3.64. The Kier molecular flexibility index (Phi) is 2.70. The lowest BCUT2D eigenvalue weighted by Gasteiger charge is -2.31. The van der Waals surface area contributed by atoms with Gasteiger partial charge in [-0.15, -0.1) is 0 Å². The highest BCUT2D eigenvalue weighted by atomic mass is 16.4. The lowest BCUT2D eigenvalue weighted by atomic mass is 9.97. The van der Waals surface area contributed by atoms with Crippen LogP contribution in [0.3, 0.4) is 0 Å². The number of rotatable bonds is 4. The van der Waals surface area contributed by atoms with Crippen molar-refractivity contribution >= 4 is 5.97 Å². The number of aliphatic hydroxyl groups is 2. The van der Waals surface area contributed by atoms with Gasteiger partial charge in [-0.1, -0.05) is 0 Å². The highest BCUT2D eigenvalue weighted by Crippen LogP contribution is 2.57. The van der Waals surface area contributed by atoms with E-state index in [1.165, 1.54) is 0 Å². The van der Waals surface area contributed by atoms with Crippen molar-refractivity contribution in [2.75, 3.05) is 26.2 Å². The van der Waals surface area contributed by atoms with Crippen LogP contribution in [0.4, 0.5) is 0 Å². The third kappa shape index (κ3) is 1.87. The Morgan fingerprint density at radius 1 is 1.60 bits per heavy atom. The van der Waals surface area contributed by atoms with Gasteiger partial charge in [0, 0.05) is 13.1 Å². The number of fused-ring (bicyclic) bond motifs is 1. The Labute approximate surface area is 88.3 Å². The zero-order valence-electron chi connectivity index (χ0n) is 8.59. The van der Waals surface area contributed by atoms with Gasteiger partial charge in [0.2, 0.25) is 0 Å². The van der Waals surface area contributed by atoms with Gasteiger partial charge in [0.05, 0.1) is 18.1 Å². The van der Waals surface area contributed by atoms with E-state index in [-0.39, 0.29) is 6.61 Å². The van der Waals surface area contributed by atoms with E-state index in [1.54, 1.807) is 0 Å². The van der Waals surface area contributed by atoms with Gasteiger partial charge in [-0.25, -0.2) is 0 Å². The van der Waals surface area contributed by atoms with Gasteiger partial charge in [-0.05, 0) is 25.3 Å². The minimum absolute atomic E-state index is 0.264. The molecule has 2 aliphatic rings. The number of carboxylic acids is 1. The fourth-order valence-electron chi connectivity index (χ4n) is 2.61. The summed E-state index contributed by atoms with van der Waals surface area (Å²) in [5.41, 5.74) is -0.548. The summed E-state index contributed by atoms with van der Waals surface area (Å²) in [6.07, 6.45) is 0.907. The van der Waals surface area contributed by atoms with Gasteiger partial charge in [0.15, 0.2) is 0 Å². The monoisotopic (exact) mass is 215 g/mol. The topological polar surface area (TPSA) is 81.0 Å². The molecule has 0 aromatic heterocycles. The molecule has 3 N–H and O–H groups in total. The molecule has 0 amide bonds. The van der Waals surface area contributed by atoms with Crippen LogP contribution < -0.4 is 0 Å². The number of hydrogen-bond acceptors (Lipinski definition) is 4. The van der Waals surface area contributed by atoms with Crippen molar-refractivity contribution in [3.63, 3.8) is 0 Å². The molecule has 1 aliphatic carbocycles. The third-order valence-corrected chi connectivity index (χ3v) is 3.64. The molecule has 2 fully saturated rings. The first-order valence-corrected chi connectivity index (χ1v) is 5.33. The molecule has 0 aromatic rings. The van der Waals surface area contributed by atoms with Crippen molar-refractivity contribution in [3.05, 3.63) is 0 Å². The average Bonchev–Trinajstić information content (AvgIpc) is 2.92. The molecule has 3 unspecified atom stereocenters. The standard InChI is InChI=1S/C10H17NO4/c12-5-8(13)4-11-2-1-7-3-10(7,6-11)9(14)15/h7-8,12-13H,1-6H2,(H,14,15). The minimum atomic E-state index is -0.758. The van der Waals surface area contributed by atoms with Gasteiger partial charge in [0.25, 0.3) is 0 Å². The maximum absolute atomic E-state index is 11.1. The Hall–Kier alpha value is -0.650. The molecule has 15 heavy (non-hydrogen) atoms. The smallest absolute Gasteiger partial charge is 0.311 e. The summed E-state index contributed by atoms with van der Waals surface area (Å²) in [6.45, 7) is 1.46. The Bertz CT molecular complexity index is 270. The van der Waals surface area contributed by atoms with Crippen LogP contribution in [0.5, 0.6) is 0 Å². The van der Waals surface area contributed by atoms with E-state index in [1.807, 2.05) is 4.90 Å². The fraction of sp³-hybridized carbons (Fsp3) is 0.900. The SMILES string of the molecule is O=C(O)C12CC1CCN(CC(O)CO)C2. The number of piperidine rings is 1. The van der Waals surface area contributed by atoms with E-state index in [4.69, 9.17) is 10.2 Å². The van der Waals surface area contributed by atoms with E-state index in [0.717, 1.165) is 19.4 Å². The van der Waals surface area contributed by atoms with Crippen LogP contribution in [0.25, 0.3) is 0 Å². The minimum Gasteiger partial charge on any atom is -0.481 e. The summed E-state index contributed by atoms with van der Waals surface area (Å²) in [5, 5.41) is 27.1. The van der Waals surface area contributed by atoms with Gasteiger partial charge >= 0.3 is 5.97 Å². The fourth-order valence-corrected chi connectivity index (χ4v) is 2.61. The number of hydrogen-bond donors (Lipinski definition) is 3. The van der Waals surface area contributed by atoms with E-state index >= 15 is 0 Å². The van der Waals surface area contributed by atoms with Crippen LogP contribution in [0.1, 0.15) is 12.8 Å². The molecule has 0 spiro atoms. The molecule has 2 rings (SSSR count). The van der Waals surface area contributed by atoms with Crippen molar-refractivity contribution in [2.24, 2.45) is 11.3 Å². The molecular formula is C10H17NO4. The Morgan fingerprint density at radius 3 is 2.93 bits per heavy atom. The molecule has 5 nitrogen and oxygen atoms in total. The highest BCUT2D eigenvalue weighted by molar-refractivity contribution is 5.79. The zero-order valence-corrected chi connectivity index (χ0v) is 8.59. The van der Waals surface area contributed by atoms with E-state index < -0.39 is 17.5 Å². The Balaban J connectivity index is 1.92. The molecule has 1 saturated heterocycles. The number of aliphatic hydroxyl groups excluding tert-OH is 2. The lowest BCUT2D eigenvalue weighted by molar-refractivity contribution is -0.146. The molecule has 1 heterocycles. The molecule has 0 radical (unpaired) electrons. The number of β-amino-alcohol motifs (C(OH)–C–C–N with tert-alkyl or cyclic N) is 1. The van der Waals surface area contributed by atoms with Crippen LogP contribution in [0.2, 0.25) is 0 Å². The van der Waals surface area contributed by atoms with E-state index in [2.05, 4.69) is 0 Å². The first-order chi connectivity index (χ1) is 7.08. The quantitative estimate of drug-likeness (QED) is 0.568. The van der Waals surface area contributed by atoms with Crippen LogP contribution in [-0.2, 0) is 4.79 Å². The second-order valence-electron chi connectivity index (χ2n) is 4.72. The summed E-state index contributed by atoms with van der Waals surface area (Å²) in [6, 6.07) is 0. The van der Waals surface area contributed by atoms with Crippen molar-refractivity contribution in [3.8, 4) is 0 Å². The number of carboxylic acid groups (broad SMARTS) is 1. The molecule has 3 atom stereocenters. The molecule has 86 valence electrons. The molecule has 0 aromatic carbocycles. The lowest BCUT2D eigenvalue weighted by Crippen LogP contribution is -2.44. The van der Waals surface area contributed by atoms with Gasteiger partial charge in [0.1, 0.15) is 0 Å². The summed E-state index contributed by atoms with van der Waals surface area (Å²) in [7, 11) is 0. The summed E-state index contributed by atoms with van der Waals surface area (Å²) < 4.78 is 0. The highest BCUT2D eigenvalue weighted by Gasteiger charge is 2.62. The predicted molar refractivity (Wildman–Crippen MR) is 52.3 cm³/mol. The number of likely N-dealkylation sites (tertiary alicyclic amines) is 1. The largest absolute Gasteiger partial charge is 0.481 e. The predicted octanol–water partition coefficient (Wildman–Crippen LogP) is -0.864. The average molecular weight is 215 g/mol. The zero-order chi connectivity index (χ0) is 11.1. The van der Waals surface area contributed by atoms with Crippen molar-refractivity contribution in [1.82, 2.24) is 4.90 Å². The van der Waals surface area contributed by atoms with Crippen LogP contribution in [-0.4, -0.2) is 58.5 Å². The van der Waals surface area contributed by atoms with Gasteiger partial charge < -0.3 is 15.3 Å². The second-order valence-corrected chi connectivity index (χ2v) is 4.72. The molecule has 0 bridgehead atoms. The van der Waals surface area contributed by atoms with Crippen LogP contribution >= 0.6 is 0 Å². The summed E-state index contributed by atoms with van der Waals surface area (Å²) >= 11 is 0. The van der Waals surface area contributed by atoms with Gasteiger partial charge in [-0.3, -0.25) is 9.69 Å².